The summed E-state index contributed by atoms with van der Waals surface area (Å²) in [6.07, 6.45) is -4.74. The third-order valence-electron chi connectivity index (χ3n) is 1.91. The molecule has 0 aliphatic heterocycles. The molecule has 0 heterocycles. The third kappa shape index (κ3) is 5.01. The number of rotatable bonds is 5. The Balaban J connectivity index is 2.83. The topological polar surface area (TPSA) is 95.5 Å². The number of anilines is 1. The Labute approximate surface area is 110 Å². The fourth-order valence-electron chi connectivity index (χ4n) is 1.12. The highest BCUT2D eigenvalue weighted by atomic mass is 32.2. The number of alkyl halides is 3. The summed E-state index contributed by atoms with van der Waals surface area (Å²) in [5.41, 5.74) is -1.11. The lowest BCUT2D eigenvalue weighted by Crippen LogP contribution is -2.37. The lowest BCUT2D eigenvalue weighted by molar-refractivity contribution is -0.121. The summed E-state index contributed by atoms with van der Waals surface area (Å²) >= 11 is 0. The second-order valence-corrected chi connectivity index (χ2v) is 5.04. The van der Waals surface area contributed by atoms with Gasteiger partial charge in [0.15, 0.2) is 0 Å². The van der Waals surface area contributed by atoms with E-state index >= 15 is 0 Å². The van der Waals surface area contributed by atoms with Crippen LogP contribution in [0, 0.1) is 5.82 Å². The molecule has 0 amide bonds. The van der Waals surface area contributed by atoms with Crippen LogP contribution in [0.1, 0.15) is 10.4 Å². The zero-order chi connectivity index (χ0) is 15.6. The van der Waals surface area contributed by atoms with Crippen LogP contribution in [-0.4, -0.2) is 32.2 Å². The van der Waals surface area contributed by atoms with Crippen molar-refractivity contribution in [2.24, 2.45) is 0 Å². The van der Waals surface area contributed by atoms with Crippen molar-refractivity contribution in [3.05, 3.63) is 29.6 Å². The first-order valence-corrected chi connectivity index (χ1v) is 6.35. The maximum Gasteiger partial charge on any atom is 0.402 e. The van der Waals surface area contributed by atoms with E-state index in [2.05, 4.69) is 0 Å². The minimum absolute atomic E-state index is 0.415. The molecule has 0 saturated heterocycles. The molecule has 0 unspecified atom stereocenters. The Morgan fingerprint density at radius 2 is 1.90 bits per heavy atom. The van der Waals surface area contributed by atoms with Crippen molar-refractivity contribution in [2.75, 3.05) is 11.3 Å². The van der Waals surface area contributed by atoms with Crippen LogP contribution in [0.3, 0.4) is 0 Å². The molecule has 0 radical (unpaired) electrons. The monoisotopic (exact) mass is 316 g/mol. The summed E-state index contributed by atoms with van der Waals surface area (Å²) in [7, 11) is -4.55. The largest absolute Gasteiger partial charge is 0.478 e. The van der Waals surface area contributed by atoms with Crippen molar-refractivity contribution < 1.29 is 35.9 Å². The molecule has 0 aliphatic carbocycles. The fourth-order valence-corrected chi connectivity index (χ4v) is 1.98. The van der Waals surface area contributed by atoms with Crippen molar-refractivity contribution in [1.82, 2.24) is 4.72 Å². The van der Waals surface area contributed by atoms with Gasteiger partial charge < -0.3 is 5.11 Å². The number of carboxylic acid groups (broad SMARTS) is 1. The summed E-state index contributed by atoms with van der Waals surface area (Å²) in [5.74, 6) is -2.79. The van der Waals surface area contributed by atoms with E-state index in [1.165, 1.54) is 4.72 Å². The fraction of sp³-hybridized carbons (Fsp3) is 0.222. The predicted octanol–water partition coefficient (Wildman–Crippen LogP) is 1.33. The molecule has 0 fully saturated rings. The van der Waals surface area contributed by atoms with E-state index in [1.54, 1.807) is 4.72 Å². The van der Waals surface area contributed by atoms with Crippen LogP contribution in [0.5, 0.6) is 0 Å². The summed E-state index contributed by atoms with van der Waals surface area (Å²) in [4.78, 5) is 10.5. The SMILES string of the molecule is O=C(O)c1ccc(NS(=O)(=O)NCC(F)(F)F)cc1F. The van der Waals surface area contributed by atoms with Crippen LogP contribution in [0.15, 0.2) is 18.2 Å². The van der Waals surface area contributed by atoms with Crippen molar-refractivity contribution in [2.45, 2.75) is 6.18 Å². The molecule has 0 spiro atoms. The van der Waals surface area contributed by atoms with Gasteiger partial charge in [-0.05, 0) is 18.2 Å². The Morgan fingerprint density at radius 1 is 1.30 bits per heavy atom. The van der Waals surface area contributed by atoms with E-state index in [9.17, 15) is 30.8 Å². The van der Waals surface area contributed by atoms with E-state index in [0.717, 1.165) is 12.1 Å². The van der Waals surface area contributed by atoms with Gasteiger partial charge in [-0.25, -0.2) is 9.18 Å². The minimum Gasteiger partial charge on any atom is -0.478 e. The number of hydrogen-bond donors (Lipinski definition) is 3. The smallest absolute Gasteiger partial charge is 0.402 e. The van der Waals surface area contributed by atoms with E-state index < -0.39 is 46.0 Å². The number of benzene rings is 1. The first-order chi connectivity index (χ1) is 9.00. The first-order valence-electron chi connectivity index (χ1n) is 4.87. The highest BCUT2D eigenvalue weighted by Gasteiger charge is 2.29. The molecule has 1 aromatic carbocycles. The predicted molar refractivity (Wildman–Crippen MR) is 60.0 cm³/mol. The Bertz CT molecular complexity index is 615. The van der Waals surface area contributed by atoms with Crippen molar-refractivity contribution in [3.63, 3.8) is 0 Å². The van der Waals surface area contributed by atoms with Gasteiger partial charge in [0.25, 0.3) is 10.2 Å². The average molecular weight is 316 g/mol. The van der Waals surface area contributed by atoms with Crippen molar-refractivity contribution >= 4 is 21.9 Å². The zero-order valence-corrected chi connectivity index (χ0v) is 10.3. The molecule has 3 N–H and O–H groups in total. The molecular formula is C9H8F4N2O4S. The average Bonchev–Trinajstić information content (AvgIpc) is 2.24. The van der Waals surface area contributed by atoms with E-state index in [-0.39, 0.29) is 0 Å². The normalized spacial score (nSPS) is 12.2. The number of hydrogen-bond acceptors (Lipinski definition) is 3. The number of carboxylic acids is 1. The van der Waals surface area contributed by atoms with Gasteiger partial charge in [0.2, 0.25) is 0 Å². The number of nitrogens with one attached hydrogen (secondary N) is 2. The Morgan fingerprint density at radius 3 is 2.35 bits per heavy atom. The first kappa shape index (κ1) is 16.2. The van der Waals surface area contributed by atoms with Crippen LogP contribution in [0.2, 0.25) is 0 Å². The zero-order valence-electron chi connectivity index (χ0n) is 9.53. The maximum absolute atomic E-state index is 13.2. The molecule has 0 aromatic heterocycles. The summed E-state index contributed by atoms with van der Waals surface area (Å²) in [6.45, 7) is -1.79. The molecule has 0 atom stereocenters. The molecule has 0 saturated carbocycles. The van der Waals surface area contributed by atoms with E-state index in [0.29, 0.717) is 6.07 Å². The van der Waals surface area contributed by atoms with Crippen LogP contribution in [0.25, 0.3) is 0 Å². The quantitative estimate of drug-likeness (QED) is 0.714. The van der Waals surface area contributed by atoms with Crippen molar-refractivity contribution in [1.29, 1.82) is 0 Å². The second-order valence-electron chi connectivity index (χ2n) is 3.54. The van der Waals surface area contributed by atoms with Gasteiger partial charge in [-0.15, -0.1) is 0 Å². The molecule has 20 heavy (non-hydrogen) atoms. The highest BCUT2D eigenvalue weighted by Crippen LogP contribution is 2.16. The Hall–Kier alpha value is -1.88. The molecular weight excluding hydrogens is 308 g/mol. The molecule has 1 aromatic rings. The van der Waals surface area contributed by atoms with Gasteiger partial charge in [-0.3, -0.25) is 4.72 Å². The summed E-state index contributed by atoms with van der Waals surface area (Å²) < 4.78 is 74.0. The molecule has 1 rings (SSSR count). The molecule has 6 nitrogen and oxygen atoms in total. The lowest BCUT2D eigenvalue weighted by Gasteiger charge is -2.11. The molecule has 0 aliphatic rings. The summed E-state index contributed by atoms with van der Waals surface area (Å²) in [5, 5.41) is 8.55. The minimum atomic E-state index is -4.74. The third-order valence-corrected chi connectivity index (χ3v) is 2.94. The number of aromatic carboxylic acids is 1. The van der Waals surface area contributed by atoms with Crippen LogP contribution < -0.4 is 9.44 Å². The van der Waals surface area contributed by atoms with Gasteiger partial charge in [0.1, 0.15) is 12.4 Å². The molecule has 112 valence electrons. The van der Waals surface area contributed by atoms with Crippen LogP contribution in [0.4, 0.5) is 23.2 Å². The number of halogens is 4. The van der Waals surface area contributed by atoms with E-state index in [4.69, 9.17) is 5.11 Å². The van der Waals surface area contributed by atoms with Gasteiger partial charge in [0.05, 0.1) is 11.3 Å². The van der Waals surface area contributed by atoms with Gasteiger partial charge in [-0.2, -0.15) is 26.3 Å². The lowest BCUT2D eigenvalue weighted by atomic mass is 10.2. The number of carbonyl (C=O) groups is 1. The standard InChI is InChI=1S/C9H8F4N2O4S/c10-7-3-5(1-2-6(7)8(16)17)15-20(18,19)14-4-9(11,12)13/h1-3,14-15H,4H2,(H,16,17). The van der Waals surface area contributed by atoms with Crippen LogP contribution in [-0.2, 0) is 10.2 Å². The maximum atomic E-state index is 13.2. The van der Waals surface area contributed by atoms with Crippen molar-refractivity contribution in [3.8, 4) is 0 Å². The molecule has 11 heteroatoms. The second kappa shape index (κ2) is 5.63. The summed E-state index contributed by atoms with van der Waals surface area (Å²) in [6, 6.07) is 2.22. The van der Waals surface area contributed by atoms with Gasteiger partial charge >= 0.3 is 12.1 Å². The van der Waals surface area contributed by atoms with E-state index in [1.807, 2.05) is 0 Å². The van der Waals surface area contributed by atoms with Gasteiger partial charge in [0, 0.05) is 0 Å². The molecule has 0 bridgehead atoms. The Kier molecular flexibility index (Phi) is 4.55. The van der Waals surface area contributed by atoms with Crippen LogP contribution >= 0.6 is 0 Å². The highest BCUT2D eigenvalue weighted by molar-refractivity contribution is 7.90. The van der Waals surface area contributed by atoms with Gasteiger partial charge in [-0.1, -0.05) is 0 Å².